The SMILES string of the molecule is CCCCCCCCCCCCOCCCCCCCCCCCC.N.N.O=S(=O)(O)O. The summed E-state index contributed by atoms with van der Waals surface area (Å²) in [4.78, 5) is 0. The first-order valence-corrected chi connectivity index (χ1v) is 14.1. The summed E-state index contributed by atoms with van der Waals surface area (Å²) in [7, 11) is -4.67. The smallest absolute Gasteiger partial charge is 0.381 e. The molecule has 0 saturated carbocycles. The molecule has 32 heavy (non-hydrogen) atoms. The molecule has 0 amide bonds. The molecule has 0 spiro atoms. The summed E-state index contributed by atoms with van der Waals surface area (Å²) in [5.41, 5.74) is 0. The van der Waals surface area contributed by atoms with Crippen molar-refractivity contribution in [2.45, 2.75) is 142 Å². The fourth-order valence-electron chi connectivity index (χ4n) is 3.49. The van der Waals surface area contributed by atoms with Crippen molar-refractivity contribution < 1.29 is 22.3 Å². The molecule has 200 valence electrons. The molecule has 0 aromatic carbocycles. The number of ether oxygens (including phenoxy) is 1. The van der Waals surface area contributed by atoms with Gasteiger partial charge in [-0.15, -0.1) is 0 Å². The highest BCUT2D eigenvalue weighted by Gasteiger charge is 1.95. The highest BCUT2D eigenvalue weighted by molar-refractivity contribution is 7.79. The van der Waals surface area contributed by atoms with Gasteiger partial charge >= 0.3 is 10.4 Å². The Balaban J connectivity index is -0.000000501. The summed E-state index contributed by atoms with van der Waals surface area (Å²) in [5.74, 6) is 0. The number of unbranched alkanes of at least 4 members (excludes halogenated alkanes) is 18. The molecule has 8 heteroatoms. The molecule has 8 N–H and O–H groups in total. The van der Waals surface area contributed by atoms with Crippen molar-refractivity contribution in [3.63, 3.8) is 0 Å². The Hall–Kier alpha value is -0.250. The standard InChI is InChI=1S/C24H50O.2H3N.H2O4S/c1-3-5-7-9-11-13-15-17-19-21-23-25-24-22-20-18-16-14-12-10-8-6-4-2;;;1-5(2,3)4/h3-24H2,1-2H3;2*1H3;(H2,1,2,3,4). The topological polar surface area (TPSA) is 154 Å². The lowest BCUT2D eigenvalue weighted by Crippen LogP contribution is -1.97. The Morgan fingerprint density at radius 2 is 0.656 bits per heavy atom. The Bertz CT molecular complexity index is 379. The third kappa shape index (κ3) is 52.0. The zero-order chi connectivity index (χ0) is 22.8. The van der Waals surface area contributed by atoms with E-state index >= 15 is 0 Å². The number of hydrogen-bond donors (Lipinski definition) is 4. The van der Waals surface area contributed by atoms with Crippen LogP contribution in [0.5, 0.6) is 0 Å². The van der Waals surface area contributed by atoms with Crippen molar-refractivity contribution in [2.24, 2.45) is 0 Å². The van der Waals surface area contributed by atoms with Crippen LogP contribution in [0.25, 0.3) is 0 Å². The van der Waals surface area contributed by atoms with Gasteiger partial charge in [-0.05, 0) is 12.8 Å². The minimum atomic E-state index is -4.67. The van der Waals surface area contributed by atoms with Crippen LogP contribution in [-0.4, -0.2) is 30.7 Å². The predicted molar refractivity (Wildman–Crippen MR) is 139 cm³/mol. The molecule has 0 aromatic heterocycles. The summed E-state index contributed by atoms with van der Waals surface area (Å²) in [6.45, 7) is 6.57. The molecule has 0 unspecified atom stereocenters. The molecule has 0 atom stereocenters. The lowest BCUT2D eigenvalue weighted by Gasteiger charge is -2.05. The van der Waals surface area contributed by atoms with Crippen molar-refractivity contribution >= 4 is 10.4 Å². The maximum Gasteiger partial charge on any atom is 0.394 e. The van der Waals surface area contributed by atoms with E-state index < -0.39 is 10.4 Å². The number of hydrogen-bond acceptors (Lipinski definition) is 5. The summed E-state index contributed by atoms with van der Waals surface area (Å²) in [6, 6.07) is 0. The van der Waals surface area contributed by atoms with E-state index in [0.29, 0.717) is 0 Å². The van der Waals surface area contributed by atoms with Gasteiger partial charge < -0.3 is 17.0 Å². The Kier molecular flexibility index (Phi) is 40.1. The van der Waals surface area contributed by atoms with E-state index in [9.17, 15) is 0 Å². The maximum absolute atomic E-state index is 8.74. The summed E-state index contributed by atoms with van der Waals surface area (Å²) in [5, 5.41) is 0. The highest BCUT2D eigenvalue weighted by Crippen LogP contribution is 2.12. The van der Waals surface area contributed by atoms with Crippen molar-refractivity contribution in [1.29, 1.82) is 0 Å². The first kappa shape index (κ1) is 39.0. The molecular formula is C24H58N2O5S. The first-order chi connectivity index (χ1) is 14.4. The van der Waals surface area contributed by atoms with E-state index in [2.05, 4.69) is 13.8 Å². The minimum Gasteiger partial charge on any atom is -0.381 e. The zero-order valence-electron chi connectivity index (χ0n) is 21.5. The second-order valence-corrected chi connectivity index (χ2v) is 9.32. The van der Waals surface area contributed by atoms with Crippen LogP contribution in [0.3, 0.4) is 0 Å². The Morgan fingerprint density at radius 3 is 0.875 bits per heavy atom. The average Bonchev–Trinajstić information content (AvgIpc) is 2.68. The minimum absolute atomic E-state index is 0. The molecule has 0 rings (SSSR count). The fourth-order valence-corrected chi connectivity index (χ4v) is 3.49. The average molecular weight is 487 g/mol. The van der Waals surface area contributed by atoms with Crippen LogP contribution in [0.15, 0.2) is 0 Å². The molecule has 0 heterocycles. The van der Waals surface area contributed by atoms with E-state index in [1.165, 1.54) is 128 Å². The van der Waals surface area contributed by atoms with Crippen molar-refractivity contribution in [3.05, 3.63) is 0 Å². The number of rotatable bonds is 22. The van der Waals surface area contributed by atoms with Crippen LogP contribution in [0.4, 0.5) is 0 Å². The molecule has 0 aliphatic carbocycles. The molecular weight excluding hydrogens is 428 g/mol. The van der Waals surface area contributed by atoms with Crippen molar-refractivity contribution in [2.75, 3.05) is 13.2 Å². The van der Waals surface area contributed by atoms with Crippen molar-refractivity contribution in [3.8, 4) is 0 Å². The molecule has 0 saturated heterocycles. The largest absolute Gasteiger partial charge is 0.394 e. The van der Waals surface area contributed by atoms with E-state index in [1.54, 1.807) is 0 Å². The van der Waals surface area contributed by atoms with Crippen LogP contribution in [-0.2, 0) is 15.1 Å². The maximum atomic E-state index is 8.74. The van der Waals surface area contributed by atoms with Crippen LogP contribution in [0.2, 0.25) is 0 Å². The van der Waals surface area contributed by atoms with Crippen LogP contribution >= 0.6 is 0 Å². The third-order valence-corrected chi connectivity index (χ3v) is 5.28. The summed E-state index contributed by atoms with van der Waals surface area (Å²) in [6.07, 6.45) is 28.2. The fraction of sp³-hybridized carbons (Fsp3) is 1.00. The van der Waals surface area contributed by atoms with Gasteiger partial charge in [-0.1, -0.05) is 129 Å². The van der Waals surface area contributed by atoms with Crippen molar-refractivity contribution in [1.82, 2.24) is 12.3 Å². The van der Waals surface area contributed by atoms with E-state index in [-0.39, 0.29) is 12.3 Å². The van der Waals surface area contributed by atoms with Crippen LogP contribution < -0.4 is 12.3 Å². The van der Waals surface area contributed by atoms with Crippen LogP contribution in [0, 0.1) is 0 Å². The molecule has 0 aliphatic rings. The van der Waals surface area contributed by atoms with Gasteiger partial charge in [0.25, 0.3) is 0 Å². The van der Waals surface area contributed by atoms with Gasteiger partial charge in [0, 0.05) is 13.2 Å². The Morgan fingerprint density at radius 1 is 0.469 bits per heavy atom. The van der Waals surface area contributed by atoms with Gasteiger partial charge in [0.05, 0.1) is 0 Å². The first-order valence-electron chi connectivity index (χ1n) is 12.7. The Labute approximate surface area is 200 Å². The van der Waals surface area contributed by atoms with Gasteiger partial charge in [0.2, 0.25) is 0 Å². The molecule has 0 fully saturated rings. The third-order valence-electron chi connectivity index (χ3n) is 5.28. The molecule has 0 bridgehead atoms. The van der Waals surface area contributed by atoms with E-state index in [4.69, 9.17) is 22.3 Å². The normalized spacial score (nSPS) is 10.6. The molecule has 0 aliphatic heterocycles. The van der Waals surface area contributed by atoms with Gasteiger partial charge in [-0.25, -0.2) is 0 Å². The lowest BCUT2D eigenvalue weighted by molar-refractivity contribution is 0.125. The van der Waals surface area contributed by atoms with E-state index in [0.717, 1.165) is 13.2 Å². The summed E-state index contributed by atoms with van der Waals surface area (Å²) < 4.78 is 37.4. The lowest BCUT2D eigenvalue weighted by atomic mass is 10.1. The second kappa shape index (κ2) is 32.9. The van der Waals surface area contributed by atoms with Gasteiger partial charge in [0.1, 0.15) is 0 Å². The quantitative estimate of drug-likeness (QED) is 0.0882. The monoisotopic (exact) mass is 486 g/mol. The van der Waals surface area contributed by atoms with Gasteiger partial charge in [0.15, 0.2) is 0 Å². The highest BCUT2D eigenvalue weighted by atomic mass is 32.3. The van der Waals surface area contributed by atoms with Gasteiger partial charge in [-0.3, -0.25) is 9.11 Å². The summed E-state index contributed by atoms with van der Waals surface area (Å²) >= 11 is 0. The second-order valence-electron chi connectivity index (χ2n) is 8.42. The predicted octanol–water partition coefficient (Wildman–Crippen LogP) is 8.52. The van der Waals surface area contributed by atoms with Gasteiger partial charge in [-0.2, -0.15) is 8.42 Å². The molecule has 0 aromatic rings. The molecule has 7 nitrogen and oxygen atoms in total. The zero-order valence-corrected chi connectivity index (χ0v) is 22.3. The molecule has 0 radical (unpaired) electrons. The van der Waals surface area contributed by atoms with E-state index in [1.807, 2.05) is 0 Å². The van der Waals surface area contributed by atoms with Crippen LogP contribution in [0.1, 0.15) is 142 Å².